The highest BCUT2D eigenvalue weighted by Crippen LogP contribution is 2.24. The number of aryl methyl sites for hydroxylation is 2. The molecule has 0 unspecified atom stereocenters. The van der Waals surface area contributed by atoms with Crippen molar-refractivity contribution in [3.05, 3.63) is 29.3 Å². The number of carbonyl (C=O) groups excluding carboxylic acids is 2. The molecule has 18 heavy (non-hydrogen) atoms. The normalized spacial score (nSPS) is 13.1. The fourth-order valence-electron chi connectivity index (χ4n) is 2.07. The van der Waals surface area contributed by atoms with Crippen LogP contribution < -0.4 is 10.4 Å². The van der Waals surface area contributed by atoms with Crippen LogP contribution >= 0.6 is 0 Å². The molecule has 0 fully saturated rings. The molecule has 1 aromatic rings. The summed E-state index contributed by atoms with van der Waals surface area (Å²) in [6.07, 6.45) is 3.29. The number of aliphatic carboxylic acids is 1. The second-order valence-electron chi connectivity index (χ2n) is 4.25. The summed E-state index contributed by atoms with van der Waals surface area (Å²) in [5.74, 6) is -1.70. The zero-order valence-corrected chi connectivity index (χ0v) is 9.90. The molecule has 0 aromatic heterocycles. The molecule has 0 aliphatic heterocycles. The Bertz CT molecular complexity index is 470. The van der Waals surface area contributed by atoms with Crippen molar-refractivity contribution in [1.82, 2.24) is 0 Å². The molecule has 1 N–H and O–H groups in total. The van der Waals surface area contributed by atoms with Crippen molar-refractivity contribution in [2.75, 3.05) is 18.5 Å². The third-order valence-electron chi connectivity index (χ3n) is 2.84. The van der Waals surface area contributed by atoms with Crippen LogP contribution in [0.4, 0.5) is 5.69 Å². The quantitative estimate of drug-likeness (QED) is 0.788. The maximum Gasteiger partial charge on any atom is 0.250 e. The van der Waals surface area contributed by atoms with E-state index in [0.29, 0.717) is 0 Å². The van der Waals surface area contributed by atoms with Crippen LogP contribution in [-0.2, 0) is 27.2 Å². The summed E-state index contributed by atoms with van der Waals surface area (Å²) in [5, 5.41) is 12.8. The minimum atomic E-state index is -1.33. The van der Waals surface area contributed by atoms with E-state index >= 15 is 0 Å². The number of nitrogens with one attached hydrogen (secondary N) is 1. The first-order valence-corrected chi connectivity index (χ1v) is 5.84. The van der Waals surface area contributed by atoms with E-state index in [9.17, 15) is 14.7 Å². The summed E-state index contributed by atoms with van der Waals surface area (Å²) in [6.45, 7) is -0.858. The van der Waals surface area contributed by atoms with E-state index in [1.54, 1.807) is 0 Å². The molecule has 0 bridgehead atoms. The minimum Gasteiger partial charge on any atom is -0.548 e. The Morgan fingerprint density at radius 2 is 2.00 bits per heavy atom. The first-order valence-electron chi connectivity index (χ1n) is 5.84. The average Bonchev–Trinajstić information content (AvgIpc) is 2.75. The fraction of sp³-hybridized carbons (Fsp3) is 0.385. The molecule has 1 aliphatic rings. The van der Waals surface area contributed by atoms with Crippen molar-refractivity contribution in [2.45, 2.75) is 19.3 Å². The van der Waals surface area contributed by atoms with Gasteiger partial charge in [-0.2, -0.15) is 0 Å². The molecular formula is C13H14NO4-. The fourth-order valence-corrected chi connectivity index (χ4v) is 2.07. The molecule has 0 radical (unpaired) electrons. The van der Waals surface area contributed by atoms with Crippen molar-refractivity contribution >= 4 is 17.6 Å². The number of benzene rings is 1. The highest BCUT2D eigenvalue weighted by Gasteiger charge is 2.11. The summed E-state index contributed by atoms with van der Waals surface area (Å²) < 4.78 is 4.65. The number of rotatable bonds is 5. The lowest BCUT2D eigenvalue weighted by Crippen LogP contribution is -2.29. The lowest BCUT2D eigenvalue weighted by Gasteiger charge is -2.08. The summed E-state index contributed by atoms with van der Waals surface area (Å²) in [5.41, 5.74) is 3.32. The van der Waals surface area contributed by atoms with Gasteiger partial charge in [0.15, 0.2) is 0 Å². The van der Waals surface area contributed by atoms with E-state index in [0.717, 1.165) is 24.9 Å². The highest BCUT2D eigenvalue weighted by atomic mass is 16.5. The zero-order chi connectivity index (χ0) is 13.0. The molecule has 96 valence electrons. The number of carboxylic acid groups (broad SMARTS) is 1. The predicted octanol–water partition coefficient (Wildman–Crippen LogP) is -0.120. The number of fused-ring (bicyclic) bond motifs is 1. The number of carbonyl (C=O) groups is 2. The first kappa shape index (κ1) is 12.6. The molecule has 0 atom stereocenters. The van der Waals surface area contributed by atoms with Crippen LogP contribution in [0.2, 0.25) is 0 Å². The Labute approximate surface area is 105 Å². The van der Waals surface area contributed by atoms with Crippen molar-refractivity contribution < 1.29 is 19.4 Å². The average molecular weight is 248 g/mol. The van der Waals surface area contributed by atoms with Crippen LogP contribution in [0.25, 0.3) is 0 Å². The number of hydrogen-bond donors (Lipinski definition) is 1. The maximum absolute atomic E-state index is 11.4. The number of amides is 1. The van der Waals surface area contributed by atoms with Gasteiger partial charge in [0.25, 0.3) is 0 Å². The van der Waals surface area contributed by atoms with Crippen LogP contribution in [0.5, 0.6) is 0 Å². The van der Waals surface area contributed by atoms with Gasteiger partial charge in [0.1, 0.15) is 6.61 Å². The summed E-state index contributed by atoms with van der Waals surface area (Å²) >= 11 is 0. The molecule has 1 amide bonds. The number of ether oxygens (including phenoxy) is 1. The SMILES string of the molecule is O=C([O-])COCC(=O)Nc1ccc2c(c1)CCC2. The van der Waals surface area contributed by atoms with E-state index in [1.807, 2.05) is 18.2 Å². The third kappa shape index (κ3) is 3.30. The molecule has 5 nitrogen and oxygen atoms in total. The van der Waals surface area contributed by atoms with Gasteiger partial charge in [-0.05, 0) is 42.5 Å². The van der Waals surface area contributed by atoms with Crippen molar-refractivity contribution in [2.24, 2.45) is 0 Å². The number of anilines is 1. The number of hydrogen-bond acceptors (Lipinski definition) is 4. The van der Waals surface area contributed by atoms with Gasteiger partial charge in [-0.3, -0.25) is 4.79 Å². The van der Waals surface area contributed by atoms with Gasteiger partial charge in [-0.15, -0.1) is 0 Å². The molecule has 0 saturated carbocycles. The van der Waals surface area contributed by atoms with Crippen molar-refractivity contribution in [3.63, 3.8) is 0 Å². The van der Waals surface area contributed by atoms with Crippen molar-refractivity contribution in [3.8, 4) is 0 Å². The van der Waals surface area contributed by atoms with Gasteiger partial charge in [0.05, 0.1) is 12.6 Å². The summed E-state index contributed by atoms with van der Waals surface area (Å²) in [6, 6.07) is 5.82. The van der Waals surface area contributed by atoms with Crippen LogP contribution in [0.15, 0.2) is 18.2 Å². The Morgan fingerprint density at radius 1 is 1.22 bits per heavy atom. The Balaban J connectivity index is 1.85. The molecule has 1 aromatic carbocycles. The number of carboxylic acids is 1. The predicted molar refractivity (Wildman–Crippen MR) is 62.9 cm³/mol. The zero-order valence-electron chi connectivity index (χ0n) is 9.90. The second kappa shape index (κ2) is 5.64. The van der Waals surface area contributed by atoms with Crippen LogP contribution in [-0.4, -0.2) is 25.1 Å². The summed E-state index contributed by atoms with van der Waals surface area (Å²) in [4.78, 5) is 21.5. The van der Waals surface area contributed by atoms with Gasteiger partial charge < -0.3 is 20.0 Å². The van der Waals surface area contributed by atoms with E-state index in [-0.39, 0.29) is 12.5 Å². The highest BCUT2D eigenvalue weighted by molar-refractivity contribution is 5.91. The van der Waals surface area contributed by atoms with Gasteiger partial charge in [-0.1, -0.05) is 6.07 Å². The van der Waals surface area contributed by atoms with Crippen LogP contribution in [0, 0.1) is 0 Å². The molecule has 0 heterocycles. The smallest absolute Gasteiger partial charge is 0.250 e. The minimum absolute atomic E-state index is 0.287. The van der Waals surface area contributed by atoms with E-state index in [4.69, 9.17) is 0 Å². The van der Waals surface area contributed by atoms with E-state index < -0.39 is 12.6 Å². The monoisotopic (exact) mass is 248 g/mol. The molecule has 5 heteroatoms. The van der Waals surface area contributed by atoms with E-state index in [1.165, 1.54) is 11.1 Å². The van der Waals surface area contributed by atoms with Crippen LogP contribution in [0.1, 0.15) is 17.5 Å². The molecular weight excluding hydrogens is 234 g/mol. The lowest BCUT2D eigenvalue weighted by atomic mass is 10.1. The standard InChI is InChI=1S/C13H15NO4/c15-12(7-18-8-13(16)17)14-11-5-4-9-2-1-3-10(9)6-11/h4-6H,1-3,7-8H2,(H,14,15)(H,16,17)/p-1. The molecule has 0 saturated heterocycles. The Hall–Kier alpha value is -1.88. The third-order valence-corrected chi connectivity index (χ3v) is 2.84. The van der Waals surface area contributed by atoms with Gasteiger partial charge in [-0.25, -0.2) is 0 Å². The molecule has 1 aliphatic carbocycles. The lowest BCUT2D eigenvalue weighted by molar-refractivity contribution is -0.309. The van der Waals surface area contributed by atoms with Gasteiger partial charge >= 0.3 is 0 Å². The van der Waals surface area contributed by atoms with E-state index in [2.05, 4.69) is 10.1 Å². The van der Waals surface area contributed by atoms with Gasteiger partial charge in [0, 0.05) is 5.69 Å². The van der Waals surface area contributed by atoms with Crippen molar-refractivity contribution in [1.29, 1.82) is 0 Å². The largest absolute Gasteiger partial charge is 0.548 e. The first-order chi connectivity index (χ1) is 8.65. The molecule has 0 spiro atoms. The van der Waals surface area contributed by atoms with Crippen LogP contribution in [0.3, 0.4) is 0 Å². The molecule has 2 rings (SSSR count). The Kier molecular flexibility index (Phi) is 3.94. The van der Waals surface area contributed by atoms with Gasteiger partial charge in [0.2, 0.25) is 5.91 Å². The summed E-state index contributed by atoms with van der Waals surface area (Å²) in [7, 11) is 0. The topological polar surface area (TPSA) is 78.5 Å². The maximum atomic E-state index is 11.4. The second-order valence-corrected chi connectivity index (χ2v) is 4.25. The Morgan fingerprint density at radius 3 is 2.78 bits per heavy atom.